The number of rotatable bonds is 3. The second kappa shape index (κ2) is 3.03. The Morgan fingerprint density at radius 2 is 2.07 bits per heavy atom. The minimum Gasteiger partial charge on any atom is -0.425 e. The van der Waals surface area contributed by atoms with Gasteiger partial charge in [-0.3, -0.25) is 0 Å². The van der Waals surface area contributed by atoms with Crippen LogP contribution in [0.1, 0.15) is 17.7 Å². The third kappa shape index (κ3) is 1.16. The fraction of sp³-hybridized carbons (Fsp3) is 0.778. The Labute approximate surface area is 81.6 Å². The van der Waals surface area contributed by atoms with Gasteiger partial charge in [-0.15, -0.1) is 10.2 Å². The van der Waals surface area contributed by atoms with E-state index in [-0.39, 0.29) is 0 Å². The third-order valence-corrected chi connectivity index (χ3v) is 3.08. The molecule has 0 bridgehead atoms. The first kappa shape index (κ1) is 8.38. The van der Waals surface area contributed by atoms with Crippen molar-refractivity contribution in [3.63, 3.8) is 0 Å². The molecule has 5 heteroatoms. The van der Waals surface area contributed by atoms with Gasteiger partial charge in [-0.25, -0.2) is 0 Å². The number of fused-ring (bicyclic) bond motifs is 1. The molecule has 2 fully saturated rings. The monoisotopic (exact) mass is 195 g/mol. The molecule has 2 unspecified atom stereocenters. The first-order chi connectivity index (χ1) is 6.90. The van der Waals surface area contributed by atoms with E-state index in [0.717, 1.165) is 19.1 Å². The molecule has 1 saturated heterocycles. The number of ether oxygens (including phenoxy) is 1. The van der Waals surface area contributed by atoms with E-state index in [1.165, 1.54) is 0 Å². The van der Waals surface area contributed by atoms with Gasteiger partial charge in [0.15, 0.2) is 0 Å². The molecule has 0 radical (unpaired) electrons. The Bertz CT molecular complexity index is 329. The quantitative estimate of drug-likeness (QED) is 0.730. The summed E-state index contributed by atoms with van der Waals surface area (Å²) in [5.74, 6) is 3.16. The summed E-state index contributed by atoms with van der Waals surface area (Å²) < 4.78 is 10.8. The lowest BCUT2D eigenvalue weighted by molar-refractivity contribution is 0.156. The topological polar surface area (TPSA) is 74.2 Å². The third-order valence-electron chi connectivity index (χ3n) is 3.08. The molecule has 0 spiro atoms. The largest absolute Gasteiger partial charge is 0.425 e. The van der Waals surface area contributed by atoms with Crippen molar-refractivity contribution in [1.29, 1.82) is 0 Å². The van der Waals surface area contributed by atoms with Crippen LogP contribution in [-0.2, 0) is 11.2 Å². The molecule has 0 amide bonds. The molecule has 3 rings (SSSR count). The average Bonchev–Trinajstić information content (AvgIpc) is 2.63. The van der Waals surface area contributed by atoms with Gasteiger partial charge in [0, 0.05) is 18.9 Å². The average molecular weight is 195 g/mol. The van der Waals surface area contributed by atoms with Crippen molar-refractivity contribution in [2.45, 2.75) is 12.3 Å². The van der Waals surface area contributed by atoms with E-state index in [1.807, 2.05) is 0 Å². The molecule has 2 N–H and O–H groups in total. The molecule has 0 aromatic carbocycles. The predicted octanol–water partition coefficient (Wildman–Crippen LogP) is -0.0694. The van der Waals surface area contributed by atoms with Crippen molar-refractivity contribution in [2.24, 2.45) is 17.6 Å². The molecule has 5 nitrogen and oxygen atoms in total. The molecular formula is C9H13N3O2. The molecule has 76 valence electrons. The summed E-state index contributed by atoms with van der Waals surface area (Å²) in [6, 6.07) is 0. The maximum atomic E-state index is 5.53. The van der Waals surface area contributed by atoms with E-state index in [2.05, 4.69) is 10.2 Å². The van der Waals surface area contributed by atoms with E-state index in [0.29, 0.717) is 36.6 Å². The van der Waals surface area contributed by atoms with Gasteiger partial charge in [0.25, 0.3) is 0 Å². The lowest BCUT2D eigenvalue weighted by atomic mass is 10.3. The fourth-order valence-corrected chi connectivity index (χ4v) is 2.23. The summed E-state index contributed by atoms with van der Waals surface area (Å²) in [5.41, 5.74) is 5.41. The number of nitrogens with zero attached hydrogens (tertiary/aromatic N) is 2. The van der Waals surface area contributed by atoms with Crippen LogP contribution in [0.4, 0.5) is 0 Å². The summed E-state index contributed by atoms with van der Waals surface area (Å²) in [4.78, 5) is 0. The highest BCUT2D eigenvalue weighted by molar-refractivity contribution is 5.15. The van der Waals surface area contributed by atoms with Gasteiger partial charge in [0.2, 0.25) is 11.8 Å². The zero-order valence-electron chi connectivity index (χ0n) is 7.85. The van der Waals surface area contributed by atoms with Crippen molar-refractivity contribution >= 4 is 0 Å². The van der Waals surface area contributed by atoms with Crippen LogP contribution in [0.25, 0.3) is 0 Å². The van der Waals surface area contributed by atoms with Crippen molar-refractivity contribution in [2.75, 3.05) is 19.8 Å². The van der Waals surface area contributed by atoms with Crippen LogP contribution in [-0.4, -0.2) is 30.0 Å². The standard InChI is InChI=1S/C9H13N3O2/c10-2-1-7-11-12-9(14-7)8-5-3-13-4-6(5)8/h5-6,8H,1-4,10H2. The van der Waals surface area contributed by atoms with Crippen molar-refractivity contribution in [1.82, 2.24) is 10.2 Å². The highest BCUT2D eigenvalue weighted by Gasteiger charge is 2.57. The summed E-state index contributed by atoms with van der Waals surface area (Å²) in [5, 5.41) is 8.01. The van der Waals surface area contributed by atoms with Crippen LogP contribution < -0.4 is 5.73 Å². The van der Waals surface area contributed by atoms with E-state index in [4.69, 9.17) is 14.9 Å². The van der Waals surface area contributed by atoms with Crippen molar-refractivity contribution in [3.05, 3.63) is 11.8 Å². The van der Waals surface area contributed by atoms with Gasteiger partial charge in [-0.05, 0) is 11.8 Å². The van der Waals surface area contributed by atoms with Crippen molar-refractivity contribution < 1.29 is 9.15 Å². The molecular weight excluding hydrogens is 182 g/mol. The maximum Gasteiger partial charge on any atom is 0.220 e. The molecule has 1 saturated carbocycles. The Kier molecular flexibility index (Phi) is 1.81. The predicted molar refractivity (Wildman–Crippen MR) is 47.6 cm³/mol. The highest BCUT2D eigenvalue weighted by Crippen LogP contribution is 2.56. The van der Waals surface area contributed by atoms with Crippen LogP contribution in [0.15, 0.2) is 4.42 Å². The van der Waals surface area contributed by atoms with Crippen LogP contribution in [0.5, 0.6) is 0 Å². The minimum absolute atomic E-state index is 0.461. The second-order valence-corrected chi connectivity index (χ2v) is 3.96. The van der Waals surface area contributed by atoms with Crippen LogP contribution >= 0.6 is 0 Å². The molecule has 2 heterocycles. The van der Waals surface area contributed by atoms with Crippen LogP contribution in [0.2, 0.25) is 0 Å². The Hall–Kier alpha value is -0.940. The molecule has 1 aromatic heterocycles. The summed E-state index contributed by atoms with van der Waals surface area (Å²) >= 11 is 0. The molecule has 14 heavy (non-hydrogen) atoms. The molecule has 2 atom stereocenters. The van der Waals surface area contributed by atoms with Crippen molar-refractivity contribution in [3.8, 4) is 0 Å². The number of hydrogen-bond donors (Lipinski definition) is 1. The normalized spacial score (nSPS) is 34.5. The molecule has 2 aliphatic rings. The fourth-order valence-electron chi connectivity index (χ4n) is 2.23. The van der Waals surface area contributed by atoms with E-state index in [1.54, 1.807) is 0 Å². The van der Waals surface area contributed by atoms with Crippen LogP contribution in [0, 0.1) is 11.8 Å². The Morgan fingerprint density at radius 1 is 1.29 bits per heavy atom. The Morgan fingerprint density at radius 3 is 2.79 bits per heavy atom. The zero-order valence-corrected chi connectivity index (χ0v) is 7.85. The Balaban J connectivity index is 1.72. The van der Waals surface area contributed by atoms with Crippen LogP contribution in [0.3, 0.4) is 0 Å². The highest BCUT2D eigenvalue weighted by atomic mass is 16.5. The number of aromatic nitrogens is 2. The van der Waals surface area contributed by atoms with E-state index >= 15 is 0 Å². The summed E-state index contributed by atoms with van der Waals surface area (Å²) in [6.45, 7) is 2.26. The van der Waals surface area contributed by atoms with Gasteiger partial charge in [0.05, 0.1) is 13.2 Å². The number of hydrogen-bond acceptors (Lipinski definition) is 5. The lowest BCUT2D eigenvalue weighted by Gasteiger charge is -1.97. The first-order valence-corrected chi connectivity index (χ1v) is 5.00. The first-order valence-electron chi connectivity index (χ1n) is 5.00. The molecule has 1 aliphatic heterocycles. The molecule has 1 aliphatic carbocycles. The van der Waals surface area contributed by atoms with Gasteiger partial charge in [-0.2, -0.15) is 0 Å². The SMILES string of the molecule is NCCc1nnc(C2C3COCC32)o1. The minimum atomic E-state index is 0.461. The van der Waals surface area contributed by atoms with Gasteiger partial charge in [0.1, 0.15) is 0 Å². The second-order valence-electron chi connectivity index (χ2n) is 3.96. The summed E-state index contributed by atoms with van der Waals surface area (Å²) in [6.07, 6.45) is 0.672. The maximum absolute atomic E-state index is 5.53. The van der Waals surface area contributed by atoms with E-state index in [9.17, 15) is 0 Å². The molecule has 1 aromatic rings. The zero-order chi connectivity index (χ0) is 9.54. The number of nitrogens with two attached hydrogens (primary N) is 1. The summed E-state index contributed by atoms with van der Waals surface area (Å²) in [7, 11) is 0. The smallest absolute Gasteiger partial charge is 0.220 e. The lowest BCUT2D eigenvalue weighted by Crippen LogP contribution is -2.02. The van der Waals surface area contributed by atoms with Gasteiger partial charge in [-0.1, -0.05) is 0 Å². The van der Waals surface area contributed by atoms with Gasteiger partial charge >= 0.3 is 0 Å². The van der Waals surface area contributed by atoms with Gasteiger partial charge < -0.3 is 14.9 Å². The van der Waals surface area contributed by atoms with E-state index < -0.39 is 0 Å².